The number of likely N-dealkylation sites (N-methyl/N-ethyl adjacent to an activating group) is 1. The number of ether oxygens (including phenoxy) is 1. The molecule has 0 saturated carbocycles. The van der Waals surface area contributed by atoms with Gasteiger partial charge >= 0.3 is 0 Å². The van der Waals surface area contributed by atoms with Crippen LogP contribution in [0.5, 0.6) is 5.75 Å². The van der Waals surface area contributed by atoms with Gasteiger partial charge in [-0.3, -0.25) is 4.79 Å². The molecule has 1 amide bonds. The van der Waals surface area contributed by atoms with Crippen LogP contribution >= 0.6 is 0 Å². The quantitative estimate of drug-likeness (QED) is 0.327. The number of nitrogens with zero attached hydrogens (tertiary/aromatic N) is 3. The van der Waals surface area contributed by atoms with Gasteiger partial charge in [-0.1, -0.05) is 13.8 Å². The van der Waals surface area contributed by atoms with Crippen molar-refractivity contribution in [2.24, 2.45) is 0 Å². The third kappa shape index (κ3) is 7.39. The molecule has 0 saturated heterocycles. The molecule has 9 heteroatoms. The maximum atomic E-state index is 14.7. The summed E-state index contributed by atoms with van der Waals surface area (Å²) in [6.45, 7) is 8.35. The second-order valence-electron chi connectivity index (χ2n) is 8.30. The Balaban J connectivity index is 1.55. The van der Waals surface area contributed by atoms with E-state index in [0.29, 0.717) is 29.9 Å². The van der Waals surface area contributed by atoms with Gasteiger partial charge in [-0.2, -0.15) is 0 Å². The van der Waals surface area contributed by atoms with E-state index in [1.807, 2.05) is 24.3 Å². The van der Waals surface area contributed by atoms with E-state index in [2.05, 4.69) is 44.7 Å². The minimum absolute atomic E-state index is 0.0482. The Labute approximate surface area is 212 Å². The first kappa shape index (κ1) is 26.9. The maximum Gasteiger partial charge on any atom is 0.251 e. The molecular weight excluding hydrogens is 459 g/mol. The summed E-state index contributed by atoms with van der Waals surface area (Å²) < 4.78 is 19.8. The molecule has 0 aliphatic heterocycles. The Bertz CT molecular complexity index is 1120. The SMILES string of the molecule is CCN(CC)CCNc1ccc(Nc2ncc(CCc3cc(C(=O)NC)cc(OC)c3F)cn2)cc1. The summed E-state index contributed by atoms with van der Waals surface area (Å²) in [6, 6.07) is 11.0. The molecule has 2 aromatic carbocycles. The van der Waals surface area contributed by atoms with Crippen LogP contribution in [0.3, 0.4) is 0 Å². The highest BCUT2D eigenvalue weighted by atomic mass is 19.1. The van der Waals surface area contributed by atoms with Crippen LogP contribution < -0.4 is 20.7 Å². The topological polar surface area (TPSA) is 91.4 Å². The fourth-order valence-corrected chi connectivity index (χ4v) is 3.79. The van der Waals surface area contributed by atoms with Crippen molar-refractivity contribution in [2.45, 2.75) is 26.7 Å². The number of benzene rings is 2. The van der Waals surface area contributed by atoms with E-state index in [9.17, 15) is 9.18 Å². The molecule has 0 atom stereocenters. The number of aromatic nitrogens is 2. The number of hydrogen-bond donors (Lipinski definition) is 3. The number of hydrogen-bond acceptors (Lipinski definition) is 7. The lowest BCUT2D eigenvalue weighted by Gasteiger charge is -2.18. The molecule has 8 nitrogen and oxygen atoms in total. The van der Waals surface area contributed by atoms with Gasteiger partial charge in [-0.25, -0.2) is 14.4 Å². The molecule has 0 aliphatic rings. The third-order valence-corrected chi connectivity index (χ3v) is 6.00. The van der Waals surface area contributed by atoms with E-state index < -0.39 is 5.82 Å². The summed E-state index contributed by atoms with van der Waals surface area (Å²) in [6.07, 6.45) is 4.34. The summed E-state index contributed by atoms with van der Waals surface area (Å²) >= 11 is 0. The molecule has 1 heterocycles. The van der Waals surface area contributed by atoms with Crippen molar-refractivity contribution in [2.75, 3.05) is 51.0 Å². The lowest BCUT2D eigenvalue weighted by atomic mass is 10.0. The molecule has 0 unspecified atom stereocenters. The zero-order valence-corrected chi connectivity index (χ0v) is 21.4. The van der Waals surface area contributed by atoms with E-state index >= 15 is 0 Å². The fourth-order valence-electron chi connectivity index (χ4n) is 3.79. The Morgan fingerprint density at radius 1 is 1.03 bits per heavy atom. The van der Waals surface area contributed by atoms with Gasteiger partial charge in [0.05, 0.1) is 7.11 Å². The van der Waals surface area contributed by atoms with Gasteiger partial charge < -0.3 is 25.6 Å². The van der Waals surface area contributed by atoms with Gasteiger partial charge in [0.15, 0.2) is 11.6 Å². The average molecular weight is 495 g/mol. The number of nitrogens with one attached hydrogen (secondary N) is 3. The standard InChI is InChI=1S/C27H35FN6O2/c1-5-34(6-2)14-13-30-22-9-11-23(12-10-22)33-27-31-17-19(18-32-27)7-8-20-15-21(26(35)29-3)16-24(36-4)25(20)28/h9-12,15-18,30H,5-8,13-14H2,1-4H3,(H,29,35)(H,31,32,33). The molecular formula is C27H35FN6O2. The molecule has 0 radical (unpaired) electrons. The van der Waals surface area contributed by atoms with E-state index in [4.69, 9.17) is 4.74 Å². The number of rotatable bonds is 13. The molecule has 192 valence electrons. The van der Waals surface area contributed by atoms with E-state index in [1.165, 1.54) is 20.2 Å². The molecule has 3 rings (SSSR count). The number of halogens is 1. The van der Waals surface area contributed by atoms with Crippen molar-refractivity contribution in [3.8, 4) is 5.75 Å². The van der Waals surface area contributed by atoms with Gasteiger partial charge in [0, 0.05) is 49.5 Å². The van der Waals surface area contributed by atoms with Crippen molar-refractivity contribution in [1.82, 2.24) is 20.2 Å². The van der Waals surface area contributed by atoms with Gasteiger partial charge in [0.25, 0.3) is 5.91 Å². The molecule has 0 bridgehead atoms. The van der Waals surface area contributed by atoms with Gasteiger partial charge in [-0.15, -0.1) is 0 Å². The first-order valence-electron chi connectivity index (χ1n) is 12.2. The molecule has 0 aliphatic carbocycles. The van der Waals surface area contributed by atoms with Gasteiger partial charge in [0.2, 0.25) is 5.95 Å². The molecule has 0 spiro atoms. The van der Waals surface area contributed by atoms with Crippen LogP contribution in [0.4, 0.5) is 21.7 Å². The van der Waals surface area contributed by atoms with Crippen molar-refractivity contribution in [3.63, 3.8) is 0 Å². The second-order valence-corrected chi connectivity index (χ2v) is 8.30. The van der Waals surface area contributed by atoms with E-state index in [-0.39, 0.29) is 11.7 Å². The first-order chi connectivity index (χ1) is 17.5. The molecule has 0 fully saturated rings. The molecule has 1 aromatic heterocycles. The molecule has 36 heavy (non-hydrogen) atoms. The Morgan fingerprint density at radius 3 is 2.31 bits per heavy atom. The van der Waals surface area contributed by atoms with Crippen LogP contribution in [-0.4, -0.2) is 61.1 Å². The Morgan fingerprint density at radius 2 is 1.69 bits per heavy atom. The lowest BCUT2D eigenvalue weighted by Crippen LogP contribution is -2.28. The number of methoxy groups -OCH3 is 1. The van der Waals surface area contributed by atoms with Gasteiger partial charge in [0.1, 0.15) is 0 Å². The maximum absolute atomic E-state index is 14.7. The van der Waals surface area contributed by atoms with Crippen molar-refractivity contribution in [3.05, 3.63) is 71.3 Å². The number of carbonyl (C=O) groups is 1. The largest absolute Gasteiger partial charge is 0.494 e. The fraction of sp³-hybridized carbons (Fsp3) is 0.370. The number of aryl methyl sites for hydroxylation is 2. The zero-order chi connectivity index (χ0) is 25.9. The highest BCUT2D eigenvalue weighted by Gasteiger charge is 2.15. The van der Waals surface area contributed by atoms with Crippen LogP contribution in [-0.2, 0) is 12.8 Å². The summed E-state index contributed by atoms with van der Waals surface area (Å²) in [5, 5.41) is 9.18. The van der Waals surface area contributed by atoms with E-state index in [1.54, 1.807) is 18.5 Å². The minimum Gasteiger partial charge on any atom is -0.494 e. The summed E-state index contributed by atoms with van der Waals surface area (Å²) in [5.41, 5.74) is 3.56. The first-order valence-corrected chi connectivity index (χ1v) is 12.2. The lowest BCUT2D eigenvalue weighted by molar-refractivity contribution is 0.0962. The highest BCUT2D eigenvalue weighted by molar-refractivity contribution is 5.94. The molecule has 3 N–H and O–H groups in total. The number of anilines is 3. The Kier molecular flexibility index (Phi) is 10.00. The van der Waals surface area contributed by atoms with Crippen LogP contribution in [0.2, 0.25) is 0 Å². The monoisotopic (exact) mass is 494 g/mol. The minimum atomic E-state index is -0.463. The van der Waals surface area contributed by atoms with Crippen LogP contribution in [0.15, 0.2) is 48.8 Å². The number of carbonyl (C=O) groups excluding carboxylic acids is 1. The van der Waals surface area contributed by atoms with Crippen molar-refractivity contribution < 1.29 is 13.9 Å². The number of amides is 1. The molecule has 3 aromatic rings. The van der Waals surface area contributed by atoms with Gasteiger partial charge in [-0.05, 0) is 73.5 Å². The van der Waals surface area contributed by atoms with Crippen LogP contribution in [0.1, 0.15) is 35.3 Å². The highest BCUT2D eigenvalue weighted by Crippen LogP contribution is 2.24. The summed E-state index contributed by atoms with van der Waals surface area (Å²) in [5.74, 6) is -0.227. The predicted molar refractivity (Wildman–Crippen MR) is 142 cm³/mol. The second kappa shape index (κ2) is 13.4. The third-order valence-electron chi connectivity index (χ3n) is 6.00. The van der Waals surface area contributed by atoms with Crippen molar-refractivity contribution >= 4 is 23.2 Å². The summed E-state index contributed by atoms with van der Waals surface area (Å²) in [4.78, 5) is 23.1. The zero-order valence-electron chi connectivity index (χ0n) is 21.4. The van der Waals surface area contributed by atoms with E-state index in [0.717, 1.165) is 43.1 Å². The average Bonchev–Trinajstić information content (AvgIpc) is 2.91. The van der Waals surface area contributed by atoms with Crippen LogP contribution in [0, 0.1) is 5.82 Å². The van der Waals surface area contributed by atoms with Crippen LogP contribution in [0.25, 0.3) is 0 Å². The van der Waals surface area contributed by atoms with Crippen molar-refractivity contribution in [1.29, 1.82) is 0 Å². The normalized spacial score (nSPS) is 10.8. The summed E-state index contributed by atoms with van der Waals surface area (Å²) in [7, 11) is 2.91. The predicted octanol–water partition coefficient (Wildman–Crippen LogP) is 4.27. The smallest absolute Gasteiger partial charge is 0.251 e. The Hall–Kier alpha value is -3.72.